The molecule has 0 unspecified atom stereocenters. The number of nitrogens with zero attached hydrogens (tertiary/aromatic N) is 2. The van der Waals surface area contributed by atoms with Crippen molar-refractivity contribution in [2.75, 3.05) is 13.1 Å². The van der Waals surface area contributed by atoms with Gasteiger partial charge in [-0.25, -0.2) is 4.98 Å². The molecule has 4 nitrogen and oxygen atoms in total. The Hall–Kier alpha value is -1.72. The number of morpholine rings is 1. The molecule has 1 saturated heterocycles. The summed E-state index contributed by atoms with van der Waals surface area (Å²) in [6.07, 6.45) is 2.53. The molecule has 2 aliphatic rings. The number of amides is 1. The van der Waals surface area contributed by atoms with E-state index in [2.05, 4.69) is 31.0 Å². The minimum Gasteiger partial charge on any atom is -0.366 e. The summed E-state index contributed by atoms with van der Waals surface area (Å²) in [5.41, 5.74) is 2.01. The van der Waals surface area contributed by atoms with Gasteiger partial charge in [-0.3, -0.25) is 4.79 Å². The summed E-state index contributed by atoms with van der Waals surface area (Å²) >= 11 is 1.55. The number of hydrogen-bond donors (Lipinski definition) is 0. The molecule has 138 valence electrons. The molecule has 0 bridgehead atoms. The Bertz CT molecular complexity index is 783. The lowest BCUT2D eigenvalue weighted by Gasteiger charge is -2.38. The average molecular weight is 371 g/mol. The standard InChI is InChI=1S/C21H26N2O2S/c1-13(2)20-22-14(3)19(26-20)21(24)23-11-17(15-7-5-4-6-8-15)25-18(12-23)16-9-10-16/h4-8,13,16-18H,9-12H2,1-3H3/t17-,18+/m0/s1. The predicted octanol–water partition coefficient (Wildman–Crippen LogP) is 4.57. The highest BCUT2D eigenvalue weighted by Crippen LogP contribution is 2.40. The van der Waals surface area contributed by atoms with E-state index in [-0.39, 0.29) is 18.1 Å². The van der Waals surface area contributed by atoms with Gasteiger partial charge in [-0.05, 0) is 31.2 Å². The SMILES string of the molecule is Cc1nc(C(C)C)sc1C(=O)N1C[C@@H](c2ccccc2)O[C@@H](C2CC2)C1. The Morgan fingerprint density at radius 2 is 1.96 bits per heavy atom. The second-order valence-corrected chi connectivity index (χ2v) is 8.77. The topological polar surface area (TPSA) is 42.4 Å². The van der Waals surface area contributed by atoms with Crippen molar-refractivity contribution in [1.82, 2.24) is 9.88 Å². The Kier molecular flexibility index (Phi) is 4.84. The monoisotopic (exact) mass is 370 g/mol. The molecule has 2 fully saturated rings. The van der Waals surface area contributed by atoms with E-state index in [1.165, 1.54) is 12.8 Å². The molecule has 26 heavy (non-hydrogen) atoms. The van der Waals surface area contributed by atoms with Gasteiger partial charge in [-0.1, -0.05) is 44.2 Å². The molecule has 2 atom stereocenters. The zero-order chi connectivity index (χ0) is 18.3. The maximum absolute atomic E-state index is 13.3. The number of rotatable bonds is 4. The second kappa shape index (κ2) is 7.12. The van der Waals surface area contributed by atoms with Crippen molar-refractivity contribution in [2.45, 2.75) is 51.7 Å². The fourth-order valence-corrected chi connectivity index (χ4v) is 4.58. The molecule has 1 aliphatic carbocycles. The van der Waals surface area contributed by atoms with Crippen molar-refractivity contribution in [3.05, 3.63) is 51.5 Å². The summed E-state index contributed by atoms with van der Waals surface area (Å²) < 4.78 is 6.38. The third kappa shape index (κ3) is 3.55. The van der Waals surface area contributed by atoms with Crippen molar-refractivity contribution < 1.29 is 9.53 Å². The van der Waals surface area contributed by atoms with E-state index in [1.807, 2.05) is 30.0 Å². The van der Waals surface area contributed by atoms with Crippen LogP contribution in [0.1, 0.15) is 64.6 Å². The maximum atomic E-state index is 13.3. The first-order chi connectivity index (χ1) is 12.5. The van der Waals surface area contributed by atoms with Gasteiger partial charge in [0.2, 0.25) is 0 Å². The molecular weight excluding hydrogens is 344 g/mol. The van der Waals surface area contributed by atoms with Gasteiger partial charge in [0, 0.05) is 12.5 Å². The van der Waals surface area contributed by atoms with Crippen LogP contribution in [0.3, 0.4) is 0 Å². The van der Waals surface area contributed by atoms with Crippen molar-refractivity contribution in [3.63, 3.8) is 0 Å². The lowest BCUT2D eigenvalue weighted by atomic mass is 10.0. The summed E-state index contributed by atoms with van der Waals surface area (Å²) in [6.45, 7) is 7.50. The summed E-state index contributed by atoms with van der Waals surface area (Å²) in [7, 11) is 0. The lowest BCUT2D eigenvalue weighted by Crippen LogP contribution is -2.47. The fraction of sp³-hybridized carbons (Fsp3) is 0.524. The van der Waals surface area contributed by atoms with Crippen molar-refractivity contribution >= 4 is 17.2 Å². The summed E-state index contributed by atoms with van der Waals surface area (Å²) in [5, 5.41) is 1.04. The van der Waals surface area contributed by atoms with E-state index in [9.17, 15) is 4.79 Å². The number of aryl methyl sites for hydroxylation is 1. The molecule has 1 aliphatic heterocycles. The second-order valence-electron chi connectivity index (χ2n) is 7.74. The van der Waals surface area contributed by atoms with Gasteiger partial charge in [0.15, 0.2) is 0 Å². The highest BCUT2D eigenvalue weighted by atomic mass is 32.1. The van der Waals surface area contributed by atoms with Gasteiger partial charge in [-0.2, -0.15) is 0 Å². The van der Waals surface area contributed by atoms with Crippen LogP contribution in [0, 0.1) is 12.8 Å². The van der Waals surface area contributed by atoms with Gasteiger partial charge >= 0.3 is 0 Å². The molecule has 4 rings (SSSR count). The van der Waals surface area contributed by atoms with Crippen LogP contribution in [-0.2, 0) is 4.74 Å². The minimum absolute atomic E-state index is 0.0442. The number of hydrogen-bond acceptors (Lipinski definition) is 4. The Morgan fingerprint density at radius 3 is 2.58 bits per heavy atom. The van der Waals surface area contributed by atoms with Crippen LogP contribution >= 0.6 is 11.3 Å². The van der Waals surface area contributed by atoms with E-state index in [4.69, 9.17) is 4.74 Å². The van der Waals surface area contributed by atoms with Crippen molar-refractivity contribution in [2.24, 2.45) is 5.92 Å². The zero-order valence-electron chi connectivity index (χ0n) is 15.6. The van der Waals surface area contributed by atoms with Crippen LogP contribution in [0.15, 0.2) is 30.3 Å². The fourth-order valence-electron chi connectivity index (χ4n) is 3.54. The molecule has 1 amide bonds. The normalized spacial score (nSPS) is 23.5. The highest BCUT2D eigenvalue weighted by molar-refractivity contribution is 7.13. The number of ether oxygens (including phenoxy) is 1. The van der Waals surface area contributed by atoms with Crippen LogP contribution in [0.4, 0.5) is 0 Å². The van der Waals surface area contributed by atoms with Crippen LogP contribution in [-0.4, -0.2) is 35.0 Å². The molecule has 0 N–H and O–H groups in total. The largest absolute Gasteiger partial charge is 0.366 e. The van der Waals surface area contributed by atoms with E-state index in [0.29, 0.717) is 24.9 Å². The molecule has 0 radical (unpaired) electrons. The Balaban J connectivity index is 1.59. The lowest BCUT2D eigenvalue weighted by molar-refractivity contribution is -0.0863. The summed E-state index contributed by atoms with van der Waals surface area (Å²) in [5.74, 6) is 1.06. The zero-order valence-corrected chi connectivity index (χ0v) is 16.5. The number of carbonyl (C=O) groups excluding carboxylic acids is 1. The van der Waals surface area contributed by atoms with E-state index in [0.717, 1.165) is 21.1 Å². The Labute approximate surface area is 159 Å². The Morgan fingerprint density at radius 1 is 1.23 bits per heavy atom. The van der Waals surface area contributed by atoms with Gasteiger partial charge in [0.1, 0.15) is 11.0 Å². The van der Waals surface area contributed by atoms with E-state index >= 15 is 0 Å². The molecule has 5 heteroatoms. The third-order valence-corrected chi connectivity index (χ3v) is 6.68. The molecule has 0 spiro atoms. The van der Waals surface area contributed by atoms with Crippen LogP contribution < -0.4 is 0 Å². The molecule has 1 saturated carbocycles. The van der Waals surface area contributed by atoms with Gasteiger partial charge in [0.25, 0.3) is 5.91 Å². The molecule has 2 aromatic rings. The molecule has 1 aromatic heterocycles. The van der Waals surface area contributed by atoms with Crippen LogP contribution in [0.2, 0.25) is 0 Å². The van der Waals surface area contributed by atoms with Crippen molar-refractivity contribution in [1.29, 1.82) is 0 Å². The molecule has 1 aromatic carbocycles. The number of benzene rings is 1. The van der Waals surface area contributed by atoms with Crippen LogP contribution in [0.25, 0.3) is 0 Å². The van der Waals surface area contributed by atoms with Gasteiger partial charge < -0.3 is 9.64 Å². The average Bonchev–Trinajstić information content (AvgIpc) is 3.43. The van der Waals surface area contributed by atoms with E-state index < -0.39 is 0 Å². The quantitative estimate of drug-likeness (QED) is 0.792. The smallest absolute Gasteiger partial charge is 0.266 e. The highest BCUT2D eigenvalue weighted by Gasteiger charge is 2.40. The number of aromatic nitrogens is 1. The third-order valence-electron chi connectivity index (χ3n) is 5.23. The summed E-state index contributed by atoms with van der Waals surface area (Å²) in [6, 6.07) is 10.3. The van der Waals surface area contributed by atoms with E-state index in [1.54, 1.807) is 11.3 Å². The molecular formula is C21H26N2O2S. The van der Waals surface area contributed by atoms with Crippen LogP contribution in [0.5, 0.6) is 0 Å². The van der Waals surface area contributed by atoms with Gasteiger partial charge in [-0.15, -0.1) is 11.3 Å². The summed E-state index contributed by atoms with van der Waals surface area (Å²) in [4.78, 5) is 20.7. The minimum atomic E-state index is -0.0442. The molecule has 2 heterocycles. The van der Waals surface area contributed by atoms with Crippen molar-refractivity contribution in [3.8, 4) is 0 Å². The first-order valence-corrected chi connectivity index (χ1v) is 10.3. The number of thiazole rings is 1. The maximum Gasteiger partial charge on any atom is 0.266 e. The van der Waals surface area contributed by atoms with Gasteiger partial charge in [0.05, 0.1) is 23.4 Å². The first kappa shape index (κ1) is 17.7. The first-order valence-electron chi connectivity index (χ1n) is 9.50. The number of carbonyl (C=O) groups is 1. The predicted molar refractivity (Wildman–Crippen MR) is 104 cm³/mol.